The minimum atomic E-state index is -2.60. The van der Waals surface area contributed by atoms with Crippen molar-refractivity contribution in [2.24, 2.45) is 23.5 Å². The Kier molecular flexibility index (Phi) is 5.68. The number of likely N-dealkylation sites (N-methyl/N-ethyl adjacent to an activating group) is 1. The van der Waals surface area contributed by atoms with E-state index in [9.17, 15) is 39.6 Å². The standard InChI is InChI=1S/C24H29N3O8/c1-26(2)13-7-10(8-28)18(29)15-11(13)5-9-6-12-17(27(3)4)20(31)16(23(25)34)22(33)24(12,35)21(32)14(9)19(15)30/h8-10,12,17,30,32-33,35H,5-7H2,1-4H3,(H2,25,34)/t9-,10?,12-,17-,24-/m0/s1. The third-order valence-corrected chi connectivity index (χ3v) is 7.69. The molecule has 35 heavy (non-hydrogen) atoms. The van der Waals surface area contributed by atoms with Crippen LogP contribution in [0, 0.1) is 17.8 Å². The van der Waals surface area contributed by atoms with Gasteiger partial charge in [0.05, 0.1) is 17.5 Å². The van der Waals surface area contributed by atoms with Crippen molar-refractivity contribution in [1.82, 2.24) is 9.80 Å². The zero-order valence-electron chi connectivity index (χ0n) is 19.9. The second-order valence-electron chi connectivity index (χ2n) is 9.99. The molecular weight excluding hydrogens is 458 g/mol. The average Bonchev–Trinajstić information content (AvgIpc) is 2.75. The van der Waals surface area contributed by atoms with Gasteiger partial charge in [0.15, 0.2) is 17.2 Å². The van der Waals surface area contributed by atoms with Gasteiger partial charge in [-0.2, -0.15) is 0 Å². The first kappa shape index (κ1) is 24.7. The number of ketones is 2. The molecule has 0 spiro atoms. The highest BCUT2D eigenvalue weighted by Crippen LogP contribution is 2.55. The van der Waals surface area contributed by atoms with Gasteiger partial charge in [-0.3, -0.25) is 19.3 Å². The SMILES string of the molecule is CN(C)C1=C2C[C@H]3C[C@H]4[C@H](N(C)C)C(=O)C(C(N)=O)=C(O)[C@@]4(O)C(O)=C3C(O)=C2C(=O)C(C=O)C1. The summed E-state index contributed by atoms with van der Waals surface area (Å²) in [4.78, 5) is 53.0. The number of hydrogen-bond donors (Lipinski definition) is 5. The molecule has 0 aromatic heterocycles. The van der Waals surface area contributed by atoms with E-state index < -0.39 is 69.7 Å². The van der Waals surface area contributed by atoms with E-state index in [0.717, 1.165) is 0 Å². The molecule has 0 aromatic carbocycles. The van der Waals surface area contributed by atoms with Gasteiger partial charge in [-0.25, -0.2) is 0 Å². The second-order valence-corrected chi connectivity index (χ2v) is 9.99. The Labute approximate surface area is 201 Å². The van der Waals surface area contributed by atoms with Crippen LogP contribution in [0.4, 0.5) is 0 Å². The number of aliphatic hydroxyl groups is 4. The molecule has 11 nitrogen and oxygen atoms in total. The molecule has 11 heteroatoms. The molecule has 4 aliphatic carbocycles. The van der Waals surface area contributed by atoms with Crippen LogP contribution in [0.3, 0.4) is 0 Å². The number of nitrogens with zero attached hydrogens (tertiary/aromatic N) is 2. The third-order valence-electron chi connectivity index (χ3n) is 7.69. The van der Waals surface area contributed by atoms with E-state index >= 15 is 0 Å². The third kappa shape index (κ3) is 3.18. The Hall–Kier alpha value is -3.44. The fraction of sp³-hybridized carbons (Fsp3) is 0.500. The largest absolute Gasteiger partial charge is 0.508 e. The van der Waals surface area contributed by atoms with Gasteiger partial charge in [0.25, 0.3) is 5.91 Å². The molecule has 0 saturated carbocycles. The molecular formula is C24H29N3O8. The van der Waals surface area contributed by atoms with Crippen molar-refractivity contribution in [2.45, 2.75) is 30.9 Å². The highest BCUT2D eigenvalue weighted by molar-refractivity contribution is 6.22. The Morgan fingerprint density at radius 1 is 1.06 bits per heavy atom. The van der Waals surface area contributed by atoms with Gasteiger partial charge in [0, 0.05) is 37.7 Å². The van der Waals surface area contributed by atoms with Gasteiger partial charge in [-0.1, -0.05) is 0 Å². The number of carbonyl (C=O) groups excluding carboxylic acids is 4. The van der Waals surface area contributed by atoms with Gasteiger partial charge < -0.3 is 35.9 Å². The first-order valence-electron chi connectivity index (χ1n) is 11.2. The lowest BCUT2D eigenvalue weighted by Gasteiger charge is -2.51. The number of hydrogen-bond acceptors (Lipinski definition) is 10. The number of carbonyl (C=O) groups is 4. The predicted molar refractivity (Wildman–Crippen MR) is 122 cm³/mol. The summed E-state index contributed by atoms with van der Waals surface area (Å²) in [6.45, 7) is 0. The van der Waals surface area contributed by atoms with Gasteiger partial charge in [0.1, 0.15) is 29.1 Å². The number of Topliss-reactive ketones (excluding diaryl/α,β-unsaturated/α-hetero) is 2. The highest BCUT2D eigenvalue weighted by Gasteiger charge is 2.62. The van der Waals surface area contributed by atoms with E-state index in [2.05, 4.69) is 0 Å². The number of amides is 1. The molecule has 0 bridgehead atoms. The van der Waals surface area contributed by atoms with Crippen LogP contribution in [0.5, 0.6) is 0 Å². The molecule has 0 radical (unpaired) electrons. The number of primary amides is 1. The Morgan fingerprint density at radius 3 is 2.20 bits per heavy atom. The van der Waals surface area contributed by atoms with Crippen molar-refractivity contribution in [2.75, 3.05) is 28.2 Å². The summed E-state index contributed by atoms with van der Waals surface area (Å²) in [6, 6.07) is -1.11. The number of nitrogens with two attached hydrogens (primary N) is 1. The van der Waals surface area contributed by atoms with Gasteiger partial charge in [0.2, 0.25) is 0 Å². The quantitative estimate of drug-likeness (QED) is 0.202. The lowest BCUT2D eigenvalue weighted by molar-refractivity contribution is -0.136. The van der Waals surface area contributed by atoms with Crippen LogP contribution >= 0.6 is 0 Å². The van der Waals surface area contributed by atoms with Crippen molar-refractivity contribution in [3.63, 3.8) is 0 Å². The summed E-state index contributed by atoms with van der Waals surface area (Å²) in [7, 11) is 6.63. The summed E-state index contributed by atoms with van der Waals surface area (Å²) in [5.74, 6) is -7.91. The van der Waals surface area contributed by atoms with E-state index in [0.29, 0.717) is 17.6 Å². The summed E-state index contributed by atoms with van der Waals surface area (Å²) in [6.07, 6.45) is 0.901. The van der Waals surface area contributed by atoms with Crippen LogP contribution in [0.25, 0.3) is 0 Å². The summed E-state index contributed by atoms with van der Waals surface area (Å²) >= 11 is 0. The molecule has 4 aliphatic rings. The molecule has 0 fully saturated rings. The molecule has 6 N–H and O–H groups in total. The summed E-state index contributed by atoms with van der Waals surface area (Å²) < 4.78 is 0. The second kappa shape index (κ2) is 8.06. The van der Waals surface area contributed by atoms with Gasteiger partial charge in [-0.15, -0.1) is 0 Å². The molecule has 5 atom stereocenters. The topological polar surface area (TPSA) is 182 Å². The smallest absolute Gasteiger partial charge is 0.255 e. The van der Waals surface area contributed by atoms with E-state index in [-0.39, 0.29) is 30.4 Å². The molecule has 0 aromatic rings. The molecule has 4 rings (SSSR count). The summed E-state index contributed by atoms with van der Waals surface area (Å²) in [5, 5.41) is 45.1. The number of aliphatic hydroxyl groups excluding tert-OH is 3. The van der Waals surface area contributed by atoms with Crippen LogP contribution in [-0.4, -0.2) is 93.8 Å². The molecule has 1 amide bonds. The number of rotatable bonds is 4. The van der Waals surface area contributed by atoms with Crippen LogP contribution in [0.2, 0.25) is 0 Å². The van der Waals surface area contributed by atoms with Crippen LogP contribution in [0.15, 0.2) is 45.3 Å². The minimum absolute atomic E-state index is 0.0351. The lowest BCUT2D eigenvalue weighted by atomic mass is 9.58. The number of fused-ring (bicyclic) bond motifs is 3. The van der Waals surface area contributed by atoms with Crippen LogP contribution in [0.1, 0.15) is 19.3 Å². The highest BCUT2D eigenvalue weighted by atomic mass is 16.4. The van der Waals surface area contributed by atoms with Gasteiger partial charge in [-0.05, 0) is 38.4 Å². The zero-order chi connectivity index (χ0) is 26.1. The monoisotopic (exact) mass is 487 g/mol. The maximum absolute atomic E-state index is 13.1. The molecule has 188 valence electrons. The maximum atomic E-state index is 13.1. The first-order chi connectivity index (χ1) is 16.3. The van der Waals surface area contributed by atoms with Crippen molar-refractivity contribution in [3.05, 3.63) is 45.3 Å². The zero-order valence-corrected chi connectivity index (χ0v) is 19.9. The Morgan fingerprint density at radius 2 is 1.69 bits per heavy atom. The number of aldehydes is 1. The normalized spacial score (nSPS) is 33.1. The van der Waals surface area contributed by atoms with E-state index in [1.807, 2.05) is 0 Å². The number of allylic oxidation sites excluding steroid dienone is 4. The van der Waals surface area contributed by atoms with Crippen molar-refractivity contribution in [1.29, 1.82) is 0 Å². The molecule has 0 heterocycles. The van der Waals surface area contributed by atoms with E-state index in [4.69, 9.17) is 5.73 Å². The Balaban J connectivity index is 2.04. The summed E-state index contributed by atoms with van der Waals surface area (Å²) in [5.41, 5.74) is 2.83. The first-order valence-corrected chi connectivity index (χ1v) is 11.2. The van der Waals surface area contributed by atoms with E-state index in [1.165, 1.54) is 4.90 Å². The molecule has 0 aliphatic heterocycles. The Bertz CT molecular complexity index is 1190. The van der Waals surface area contributed by atoms with Gasteiger partial charge >= 0.3 is 0 Å². The fourth-order valence-electron chi connectivity index (χ4n) is 6.10. The maximum Gasteiger partial charge on any atom is 0.255 e. The lowest BCUT2D eigenvalue weighted by Crippen LogP contribution is -2.62. The minimum Gasteiger partial charge on any atom is -0.508 e. The fourth-order valence-corrected chi connectivity index (χ4v) is 6.10. The van der Waals surface area contributed by atoms with Crippen molar-refractivity contribution >= 4 is 23.8 Å². The van der Waals surface area contributed by atoms with Crippen molar-refractivity contribution < 1.29 is 39.6 Å². The molecule has 1 unspecified atom stereocenters. The molecule has 0 saturated heterocycles. The predicted octanol–water partition coefficient (Wildman–Crippen LogP) is -0.205. The van der Waals surface area contributed by atoms with Crippen LogP contribution < -0.4 is 5.73 Å². The van der Waals surface area contributed by atoms with Crippen molar-refractivity contribution in [3.8, 4) is 0 Å². The van der Waals surface area contributed by atoms with E-state index in [1.54, 1.807) is 33.1 Å². The van der Waals surface area contributed by atoms with Crippen LogP contribution in [-0.2, 0) is 19.2 Å². The average molecular weight is 488 g/mol.